The van der Waals surface area contributed by atoms with Gasteiger partial charge in [0.2, 0.25) is 0 Å². The topological polar surface area (TPSA) is 85.0 Å². The molecule has 3 N–H and O–H groups in total. The van der Waals surface area contributed by atoms with E-state index in [0.29, 0.717) is 52.7 Å². The number of hydrogen-bond donors (Lipinski definition) is 2. The first kappa shape index (κ1) is 27.5. The number of halogens is 2. The zero-order chi connectivity index (χ0) is 26.9. The molecule has 0 aliphatic carbocycles. The van der Waals surface area contributed by atoms with Crippen LogP contribution in [0, 0.1) is 0 Å². The second kappa shape index (κ2) is 13.3. The Labute approximate surface area is 232 Å². The van der Waals surface area contributed by atoms with Crippen LogP contribution in [-0.2, 0) is 17.9 Å². The largest absolute Gasteiger partial charge is 0.480 e. The summed E-state index contributed by atoms with van der Waals surface area (Å²) in [5.41, 5.74) is 7.68. The minimum atomic E-state index is -1.03. The van der Waals surface area contributed by atoms with Crippen LogP contribution < -0.4 is 15.2 Å². The summed E-state index contributed by atoms with van der Waals surface area (Å²) >= 11 is 12.6. The van der Waals surface area contributed by atoms with Gasteiger partial charge in [0.25, 0.3) is 0 Å². The molecule has 0 unspecified atom stereocenters. The number of carboxylic acids is 1. The summed E-state index contributed by atoms with van der Waals surface area (Å²) in [6.07, 6.45) is 0.274. The first-order valence-corrected chi connectivity index (χ1v) is 12.9. The summed E-state index contributed by atoms with van der Waals surface area (Å²) in [5, 5.41) is 10.4. The summed E-state index contributed by atoms with van der Waals surface area (Å²) < 4.78 is 12.3. The Morgan fingerprint density at radius 2 is 1.11 bits per heavy atom. The van der Waals surface area contributed by atoms with Gasteiger partial charge < -0.3 is 20.3 Å². The number of aliphatic carboxylic acids is 1. The number of hydrogen-bond acceptors (Lipinski definition) is 5. The van der Waals surface area contributed by atoms with E-state index in [-0.39, 0.29) is 6.42 Å². The molecule has 0 amide bonds. The van der Waals surface area contributed by atoms with Gasteiger partial charge in [0.15, 0.2) is 0 Å². The molecule has 196 valence electrons. The number of carboxylic acid groups (broad SMARTS) is 1. The molecule has 0 fully saturated rings. The monoisotopic (exact) mass is 550 g/mol. The SMILES string of the molecule is N[C@@H](CCN(Cc1ccccc1Oc1ccccc1Cl)Cc1ccccc1Oc1ccccc1Cl)C(=O)O. The maximum atomic E-state index is 11.4. The average molecular weight is 551 g/mol. The van der Waals surface area contributed by atoms with E-state index in [2.05, 4.69) is 4.90 Å². The molecule has 4 aromatic rings. The normalized spacial score (nSPS) is 11.8. The molecule has 0 heterocycles. The molecule has 4 rings (SSSR count). The Bertz CT molecular complexity index is 1290. The second-order valence-corrected chi connectivity index (χ2v) is 9.54. The predicted octanol–water partition coefficient (Wildman–Crippen LogP) is 7.38. The number of carbonyl (C=O) groups is 1. The summed E-state index contributed by atoms with van der Waals surface area (Å²) in [4.78, 5) is 13.5. The molecule has 0 aliphatic rings. The van der Waals surface area contributed by atoms with Crippen LogP contribution in [0.1, 0.15) is 17.5 Å². The number of nitrogens with two attached hydrogens (primary N) is 1. The molecular weight excluding hydrogens is 523 g/mol. The van der Waals surface area contributed by atoms with Crippen molar-refractivity contribution in [2.45, 2.75) is 25.6 Å². The molecule has 8 heteroatoms. The van der Waals surface area contributed by atoms with E-state index in [1.165, 1.54) is 0 Å². The van der Waals surface area contributed by atoms with Gasteiger partial charge in [-0.2, -0.15) is 0 Å². The summed E-state index contributed by atoms with van der Waals surface area (Å²) in [6, 6.07) is 29.0. The van der Waals surface area contributed by atoms with Crippen molar-refractivity contribution in [2.75, 3.05) is 6.54 Å². The van der Waals surface area contributed by atoms with Crippen LogP contribution in [0.3, 0.4) is 0 Å². The van der Waals surface area contributed by atoms with Gasteiger partial charge >= 0.3 is 5.97 Å². The highest BCUT2D eigenvalue weighted by Gasteiger charge is 2.18. The molecule has 38 heavy (non-hydrogen) atoms. The summed E-state index contributed by atoms with van der Waals surface area (Å²) in [6.45, 7) is 1.40. The number of rotatable bonds is 12. The molecule has 0 saturated carbocycles. The van der Waals surface area contributed by atoms with Gasteiger partial charge in [-0.1, -0.05) is 83.9 Å². The van der Waals surface area contributed by atoms with E-state index in [1.807, 2.05) is 84.9 Å². The second-order valence-electron chi connectivity index (χ2n) is 8.72. The Morgan fingerprint density at radius 1 is 0.711 bits per heavy atom. The minimum absolute atomic E-state index is 0.274. The molecule has 0 bridgehead atoms. The molecular formula is C30H28Cl2N2O4. The fourth-order valence-electron chi connectivity index (χ4n) is 3.90. The van der Waals surface area contributed by atoms with Gasteiger partial charge in [-0.25, -0.2) is 0 Å². The minimum Gasteiger partial charge on any atom is -0.480 e. The van der Waals surface area contributed by atoms with E-state index in [9.17, 15) is 9.90 Å². The third-order valence-corrected chi connectivity index (χ3v) is 6.54. The zero-order valence-corrected chi connectivity index (χ0v) is 22.1. The highest BCUT2D eigenvalue weighted by Crippen LogP contribution is 2.34. The van der Waals surface area contributed by atoms with Crippen molar-refractivity contribution in [2.24, 2.45) is 5.73 Å². The zero-order valence-electron chi connectivity index (χ0n) is 20.6. The van der Waals surface area contributed by atoms with Crippen molar-refractivity contribution in [1.29, 1.82) is 0 Å². The molecule has 0 radical (unpaired) electrons. The third kappa shape index (κ3) is 7.49. The summed E-state index contributed by atoms with van der Waals surface area (Å²) in [7, 11) is 0. The average Bonchev–Trinajstić information content (AvgIpc) is 2.91. The van der Waals surface area contributed by atoms with Crippen LogP contribution in [-0.4, -0.2) is 28.6 Å². The Kier molecular flexibility index (Phi) is 9.62. The highest BCUT2D eigenvalue weighted by atomic mass is 35.5. The van der Waals surface area contributed by atoms with E-state index < -0.39 is 12.0 Å². The van der Waals surface area contributed by atoms with E-state index in [0.717, 1.165) is 11.1 Å². The van der Waals surface area contributed by atoms with E-state index in [4.69, 9.17) is 38.4 Å². The van der Waals surface area contributed by atoms with Gasteiger partial charge in [-0.3, -0.25) is 9.69 Å². The van der Waals surface area contributed by atoms with Crippen molar-refractivity contribution >= 4 is 29.2 Å². The lowest BCUT2D eigenvalue weighted by Gasteiger charge is -2.25. The lowest BCUT2D eigenvalue weighted by Crippen LogP contribution is -2.35. The van der Waals surface area contributed by atoms with E-state index >= 15 is 0 Å². The van der Waals surface area contributed by atoms with Gasteiger partial charge in [0.05, 0.1) is 10.0 Å². The lowest BCUT2D eigenvalue weighted by molar-refractivity contribution is -0.138. The van der Waals surface area contributed by atoms with Crippen molar-refractivity contribution in [3.05, 3.63) is 118 Å². The van der Waals surface area contributed by atoms with Crippen molar-refractivity contribution < 1.29 is 19.4 Å². The fraction of sp³-hybridized carbons (Fsp3) is 0.167. The third-order valence-electron chi connectivity index (χ3n) is 5.92. The van der Waals surface area contributed by atoms with Gasteiger partial charge in [0.1, 0.15) is 29.0 Å². The quantitative estimate of drug-likeness (QED) is 0.191. The van der Waals surface area contributed by atoms with Crippen LogP contribution in [0.15, 0.2) is 97.1 Å². The first-order valence-electron chi connectivity index (χ1n) is 12.1. The van der Waals surface area contributed by atoms with Crippen molar-refractivity contribution in [3.8, 4) is 23.0 Å². The molecule has 1 atom stereocenters. The van der Waals surface area contributed by atoms with Crippen LogP contribution >= 0.6 is 23.2 Å². The van der Waals surface area contributed by atoms with Crippen LogP contribution in [0.4, 0.5) is 0 Å². The molecule has 0 saturated heterocycles. The maximum absolute atomic E-state index is 11.4. The number of para-hydroxylation sites is 4. The van der Waals surface area contributed by atoms with Crippen LogP contribution in [0.25, 0.3) is 0 Å². The highest BCUT2D eigenvalue weighted by molar-refractivity contribution is 6.32. The first-order chi connectivity index (χ1) is 18.4. The summed E-state index contributed by atoms with van der Waals surface area (Å²) in [5.74, 6) is 1.40. The van der Waals surface area contributed by atoms with Gasteiger partial charge in [0, 0.05) is 30.8 Å². The number of ether oxygens (including phenoxy) is 2. The fourth-order valence-corrected chi connectivity index (χ4v) is 4.25. The van der Waals surface area contributed by atoms with Crippen LogP contribution in [0.5, 0.6) is 23.0 Å². The number of nitrogens with zero attached hydrogens (tertiary/aromatic N) is 1. The molecule has 0 aromatic heterocycles. The number of benzene rings is 4. The van der Waals surface area contributed by atoms with Crippen molar-refractivity contribution in [3.63, 3.8) is 0 Å². The molecule has 0 spiro atoms. The molecule has 6 nitrogen and oxygen atoms in total. The van der Waals surface area contributed by atoms with Gasteiger partial charge in [-0.05, 0) is 42.8 Å². The van der Waals surface area contributed by atoms with Crippen molar-refractivity contribution in [1.82, 2.24) is 4.90 Å². The smallest absolute Gasteiger partial charge is 0.320 e. The Balaban J connectivity index is 1.59. The maximum Gasteiger partial charge on any atom is 0.320 e. The Hall–Kier alpha value is -3.55. The predicted molar refractivity (Wildman–Crippen MR) is 150 cm³/mol. The molecule has 4 aromatic carbocycles. The van der Waals surface area contributed by atoms with E-state index in [1.54, 1.807) is 12.1 Å². The lowest BCUT2D eigenvalue weighted by atomic mass is 10.1. The Morgan fingerprint density at radius 3 is 1.53 bits per heavy atom. The van der Waals surface area contributed by atoms with Crippen LogP contribution in [0.2, 0.25) is 10.0 Å². The van der Waals surface area contributed by atoms with Gasteiger partial charge in [-0.15, -0.1) is 0 Å². The molecule has 0 aliphatic heterocycles. The standard InChI is InChI=1S/C30H28Cl2N2O4/c31-23-11-3-7-15-28(23)37-26-13-5-1-9-21(26)19-34(18-17-25(33)30(35)36)20-22-10-2-6-14-27(22)38-29-16-8-4-12-24(29)32/h1-16,25H,17-20,33H2,(H,35,36)/t25-/m0/s1.